The average Bonchev–Trinajstić information content (AvgIpc) is 3.43. The van der Waals surface area contributed by atoms with Gasteiger partial charge in [0.15, 0.2) is 0 Å². The number of hydrogen-bond acceptors (Lipinski definition) is 6. The van der Waals surface area contributed by atoms with E-state index < -0.39 is 16.1 Å². The van der Waals surface area contributed by atoms with Crippen molar-refractivity contribution in [1.29, 1.82) is 0 Å². The molecule has 0 saturated heterocycles. The second kappa shape index (κ2) is 11.4. The number of carbonyl (C=O) groups is 1. The van der Waals surface area contributed by atoms with Crippen molar-refractivity contribution in [2.24, 2.45) is 7.05 Å². The molecule has 41 heavy (non-hydrogen) atoms. The van der Waals surface area contributed by atoms with Gasteiger partial charge in [0.1, 0.15) is 22.1 Å². The van der Waals surface area contributed by atoms with E-state index in [2.05, 4.69) is 10.4 Å². The van der Waals surface area contributed by atoms with E-state index in [1.54, 1.807) is 11.4 Å². The van der Waals surface area contributed by atoms with Crippen LogP contribution in [0.15, 0.2) is 84.0 Å². The van der Waals surface area contributed by atoms with Crippen molar-refractivity contribution < 1.29 is 22.7 Å². The molecule has 0 spiro atoms. The van der Waals surface area contributed by atoms with Gasteiger partial charge in [-0.2, -0.15) is 9.40 Å². The zero-order chi connectivity index (χ0) is 28.4. The minimum Gasteiger partial charge on any atom is -0.494 e. The Morgan fingerprint density at radius 3 is 2.59 bits per heavy atom. The first-order chi connectivity index (χ1) is 19.9. The van der Waals surface area contributed by atoms with Gasteiger partial charge in [-0.1, -0.05) is 30.3 Å². The highest BCUT2D eigenvalue weighted by Crippen LogP contribution is 2.41. The lowest BCUT2D eigenvalue weighted by Crippen LogP contribution is -2.40. The number of benzene rings is 3. The molecular weight excluding hydrogens is 540 g/mol. The van der Waals surface area contributed by atoms with E-state index in [1.165, 1.54) is 17.1 Å². The molecule has 0 fully saturated rings. The highest BCUT2D eigenvalue weighted by molar-refractivity contribution is 7.89. The third-order valence-corrected chi connectivity index (χ3v) is 9.29. The molecule has 6 heterocycles. The Hall–Kier alpha value is -4.15. The number of rotatable bonds is 2. The SMILES string of the molecule is Cn1cc(S(=O)(=O)N2CCc3cc4ccc3C2c2cccc(c2)OCCCNC(=O)CCc2ccc(cc2)O4)cn1. The third-order valence-electron chi connectivity index (χ3n) is 7.47. The first kappa shape index (κ1) is 27.0. The molecule has 1 N–H and O–H groups in total. The summed E-state index contributed by atoms with van der Waals surface area (Å²) in [6.45, 7) is 1.24. The molecule has 4 aromatic rings. The zero-order valence-electron chi connectivity index (χ0n) is 22.8. The lowest BCUT2D eigenvalue weighted by atomic mass is 9.89. The number of nitrogens with one attached hydrogen (secondary N) is 1. The number of ether oxygens (including phenoxy) is 2. The van der Waals surface area contributed by atoms with Crippen LogP contribution in [0.25, 0.3) is 0 Å². The molecular formula is C31H32N4O5S. The molecule has 1 atom stereocenters. The number of sulfonamides is 1. The molecule has 1 unspecified atom stereocenters. The Morgan fingerprint density at radius 1 is 0.951 bits per heavy atom. The van der Waals surface area contributed by atoms with Crippen LogP contribution in [-0.4, -0.2) is 48.1 Å². The molecule has 9 nitrogen and oxygen atoms in total. The molecule has 5 aliphatic rings. The Labute approximate surface area is 239 Å². The molecule has 0 radical (unpaired) electrons. The van der Waals surface area contributed by atoms with Crippen LogP contribution in [0.4, 0.5) is 0 Å². The summed E-state index contributed by atoms with van der Waals surface area (Å²) in [6.07, 6.45) is 5.16. The maximum Gasteiger partial charge on any atom is 0.247 e. The fourth-order valence-corrected chi connectivity index (χ4v) is 6.97. The fourth-order valence-electron chi connectivity index (χ4n) is 5.39. The standard InChI is InChI=1S/C31H32N4O5S/c1-34-21-28(20-33-34)41(37,38)35-16-14-23-18-27-11-12-29(23)31(35)24-4-2-5-26(19-24)39-17-3-15-32-30(36)13-8-22-6-9-25(40-27)10-7-22/h2,4-7,9-12,18-21,31H,3,8,13-17H2,1H3,(H,32,36). The first-order valence-electron chi connectivity index (χ1n) is 13.8. The highest BCUT2D eigenvalue weighted by atomic mass is 32.2. The lowest BCUT2D eigenvalue weighted by Gasteiger charge is -2.36. The van der Waals surface area contributed by atoms with Gasteiger partial charge in [-0.3, -0.25) is 9.48 Å². The number of hydrogen-bond donors (Lipinski definition) is 1. The van der Waals surface area contributed by atoms with Gasteiger partial charge in [0.25, 0.3) is 0 Å². The molecule has 10 heteroatoms. The molecule has 0 saturated carbocycles. The lowest BCUT2D eigenvalue weighted by molar-refractivity contribution is -0.121. The number of nitrogens with zero attached hydrogens (tertiary/aromatic N) is 3. The number of aryl methyl sites for hydroxylation is 2. The van der Waals surface area contributed by atoms with Crippen LogP contribution in [-0.2, 0) is 34.7 Å². The number of amides is 1. The largest absolute Gasteiger partial charge is 0.494 e. The van der Waals surface area contributed by atoms with Gasteiger partial charge in [0.2, 0.25) is 15.9 Å². The van der Waals surface area contributed by atoms with Crippen molar-refractivity contribution >= 4 is 15.9 Å². The highest BCUT2D eigenvalue weighted by Gasteiger charge is 2.38. The van der Waals surface area contributed by atoms with Crippen LogP contribution < -0.4 is 14.8 Å². The monoisotopic (exact) mass is 572 g/mol. The van der Waals surface area contributed by atoms with Gasteiger partial charge in [0, 0.05) is 32.8 Å². The topological polar surface area (TPSA) is 103 Å². The van der Waals surface area contributed by atoms with Gasteiger partial charge in [0.05, 0.1) is 18.8 Å². The summed E-state index contributed by atoms with van der Waals surface area (Å²) in [5, 5.41) is 7.06. The van der Waals surface area contributed by atoms with Crippen molar-refractivity contribution in [3.63, 3.8) is 0 Å². The van der Waals surface area contributed by atoms with Crippen LogP contribution in [0.3, 0.4) is 0 Å². The number of aromatic nitrogens is 2. The van der Waals surface area contributed by atoms with E-state index >= 15 is 0 Å². The summed E-state index contributed by atoms with van der Waals surface area (Å²) in [5.74, 6) is 2.02. The summed E-state index contributed by atoms with van der Waals surface area (Å²) < 4.78 is 43.0. The Morgan fingerprint density at radius 2 is 1.78 bits per heavy atom. The quantitative estimate of drug-likeness (QED) is 0.383. The van der Waals surface area contributed by atoms with Gasteiger partial charge in [-0.25, -0.2) is 8.42 Å². The molecule has 3 aromatic carbocycles. The summed E-state index contributed by atoms with van der Waals surface area (Å²) in [4.78, 5) is 12.5. The van der Waals surface area contributed by atoms with E-state index in [0.717, 1.165) is 22.3 Å². The minimum absolute atomic E-state index is 0.00162. The summed E-state index contributed by atoms with van der Waals surface area (Å²) in [5.41, 5.74) is 3.80. The van der Waals surface area contributed by atoms with E-state index in [9.17, 15) is 13.2 Å². The molecule has 1 amide bonds. The Kier molecular flexibility index (Phi) is 7.51. The van der Waals surface area contributed by atoms with Crippen LogP contribution in [0, 0.1) is 0 Å². The summed E-state index contributed by atoms with van der Waals surface area (Å²) >= 11 is 0. The van der Waals surface area contributed by atoms with Crippen molar-refractivity contribution in [2.45, 2.75) is 36.6 Å². The maximum absolute atomic E-state index is 13.9. The van der Waals surface area contributed by atoms with Crippen molar-refractivity contribution in [3.8, 4) is 17.2 Å². The van der Waals surface area contributed by atoms with Crippen molar-refractivity contribution in [1.82, 2.24) is 19.4 Å². The zero-order valence-corrected chi connectivity index (χ0v) is 23.6. The molecule has 212 valence electrons. The summed E-state index contributed by atoms with van der Waals surface area (Å²) in [6, 6.07) is 20.6. The molecule has 0 aliphatic carbocycles. The normalized spacial score (nSPS) is 18.2. The summed E-state index contributed by atoms with van der Waals surface area (Å²) in [7, 11) is -2.14. The van der Waals surface area contributed by atoms with Crippen molar-refractivity contribution in [3.05, 3.63) is 101 Å². The third kappa shape index (κ3) is 5.84. The van der Waals surface area contributed by atoms with Crippen LogP contribution >= 0.6 is 0 Å². The maximum atomic E-state index is 13.9. The minimum atomic E-state index is -3.85. The van der Waals surface area contributed by atoms with E-state index in [1.807, 2.05) is 66.7 Å². The fraction of sp³-hybridized carbons (Fsp3) is 0.290. The van der Waals surface area contributed by atoms with Crippen molar-refractivity contribution in [2.75, 3.05) is 19.7 Å². The van der Waals surface area contributed by atoms with Crippen LogP contribution in [0.5, 0.6) is 17.2 Å². The molecule has 8 bridgehead atoms. The molecule has 5 aliphatic heterocycles. The first-order valence-corrected chi connectivity index (χ1v) is 15.2. The smallest absolute Gasteiger partial charge is 0.247 e. The van der Waals surface area contributed by atoms with E-state index in [-0.39, 0.29) is 10.8 Å². The molecule has 9 rings (SSSR count). The van der Waals surface area contributed by atoms with Gasteiger partial charge < -0.3 is 14.8 Å². The molecule has 1 aromatic heterocycles. The second-order valence-corrected chi connectivity index (χ2v) is 12.2. The predicted octanol–water partition coefficient (Wildman–Crippen LogP) is 4.38. The van der Waals surface area contributed by atoms with Crippen LogP contribution in [0.2, 0.25) is 0 Å². The van der Waals surface area contributed by atoms with Gasteiger partial charge in [-0.15, -0.1) is 0 Å². The van der Waals surface area contributed by atoms with Gasteiger partial charge in [-0.05, 0) is 77.9 Å². The van der Waals surface area contributed by atoms with Gasteiger partial charge >= 0.3 is 0 Å². The second-order valence-electron chi connectivity index (χ2n) is 10.3. The Bertz CT molecular complexity index is 1670. The van der Waals surface area contributed by atoms with Crippen LogP contribution in [0.1, 0.15) is 41.1 Å². The van der Waals surface area contributed by atoms with E-state index in [0.29, 0.717) is 62.6 Å². The number of carbonyl (C=O) groups excluding carboxylic acids is 1. The predicted molar refractivity (Wildman–Crippen MR) is 153 cm³/mol. The van der Waals surface area contributed by atoms with E-state index in [4.69, 9.17) is 9.47 Å². The Balaban J connectivity index is 1.40. The average molecular weight is 573 g/mol.